The number of aromatic nitrogens is 1. The molecule has 14 heavy (non-hydrogen) atoms. The summed E-state index contributed by atoms with van der Waals surface area (Å²) in [5, 5.41) is 8.81. The number of aromatic hydroxyl groups is 1. The lowest BCUT2D eigenvalue weighted by atomic mass is 10.2. The summed E-state index contributed by atoms with van der Waals surface area (Å²) in [4.78, 5) is 3.78. The van der Waals surface area contributed by atoms with Crippen molar-refractivity contribution in [1.82, 2.24) is 4.98 Å². The highest BCUT2D eigenvalue weighted by atomic mass is 16.3. The molecule has 2 rings (SSSR count). The minimum Gasteiger partial charge on any atom is -0.508 e. The van der Waals surface area contributed by atoms with Gasteiger partial charge in [-0.15, -0.1) is 0 Å². The van der Waals surface area contributed by atoms with Crippen molar-refractivity contribution in [2.24, 2.45) is 0 Å². The molecule has 72 valence electrons. The van der Waals surface area contributed by atoms with Crippen LogP contribution in [0.2, 0.25) is 0 Å². The molecule has 0 spiro atoms. The smallest absolute Gasteiger partial charge is 0.115 e. The van der Waals surface area contributed by atoms with E-state index in [1.165, 1.54) is 0 Å². The monoisotopic (exact) mass is 187 g/mol. The summed E-state index contributed by atoms with van der Waals surface area (Å²) in [6.07, 6.45) is 3.50. The number of nitrogens with zero attached hydrogens (tertiary/aromatic N) is 1. The van der Waals surface area contributed by atoms with Gasteiger partial charge in [0.1, 0.15) is 5.75 Å². The van der Waals surface area contributed by atoms with Crippen LogP contribution >= 0.6 is 0 Å². The van der Waals surface area contributed by atoms with Crippen LogP contribution in [0.25, 0.3) is 0 Å². The van der Waals surface area contributed by atoms with Crippen LogP contribution in [0.15, 0.2) is 54.9 Å². The van der Waals surface area contributed by atoms with Gasteiger partial charge in [-0.3, -0.25) is 4.98 Å². The van der Waals surface area contributed by atoms with Crippen LogP contribution in [0.3, 0.4) is 0 Å². The molecular weight excluding hydrogens is 174 g/mol. The fourth-order valence-corrected chi connectivity index (χ4v) is 0.941. The van der Waals surface area contributed by atoms with E-state index in [2.05, 4.69) is 4.98 Å². The molecule has 0 saturated carbocycles. The first-order valence-corrected chi connectivity index (χ1v) is 4.39. The maximum atomic E-state index is 8.81. The molecule has 0 aliphatic rings. The number of hydrogen-bond donors (Lipinski definition) is 1. The van der Waals surface area contributed by atoms with Crippen molar-refractivity contribution < 1.29 is 5.11 Å². The summed E-state index contributed by atoms with van der Waals surface area (Å²) >= 11 is 0. The number of phenols is 1. The molecule has 0 amide bonds. The molecule has 0 radical (unpaired) electrons. The average molecular weight is 187 g/mol. The molecule has 0 saturated heterocycles. The predicted octanol–water partition coefficient (Wildman–Crippen LogP) is 2.78. The Morgan fingerprint density at radius 2 is 1.71 bits per heavy atom. The van der Waals surface area contributed by atoms with Gasteiger partial charge in [-0.25, -0.2) is 0 Å². The average Bonchev–Trinajstić information content (AvgIpc) is 2.21. The first kappa shape index (κ1) is 10.3. The molecule has 2 nitrogen and oxygen atoms in total. The van der Waals surface area contributed by atoms with E-state index < -0.39 is 0 Å². The van der Waals surface area contributed by atoms with E-state index in [1.807, 2.05) is 37.3 Å². The van der Waals surface area contributed by atoms with E-state index in [4.69, 9.17) is 5.11 Å². The molecule has 1 heterocycles. The fourth-order valence-electron chi connectivity index (χ4n) is 0.941. The van der Waals surface area contributed by atoms with E-state index in [9.17, 15) is 0 Å². The normalized spacial score (nSPS) is 8.64. The third-order valence-corrected chi connectivity index (χ3v) is 1.57. The van der Waals surface area contributed by atoms with Gasteiger partial charge in [-0.2, -0.15) is 0 Å². The van der Waals surface area contributed by atoms with Crippen LogP contribution in [0.1, 0.15) is 5.56 Å². The molecule has 2 aromatic rings. The zero-order valence-electron chi connectivity index (χ0n) is 8.09. The first-order chi connectivity index (χ1) is 6.79. The highest BCUT2D eigenvalue weighted by Gasteiger charge is 1.83. The van der Waals surface area contributed by atoms with Crippen molar-refractivity contribution in [3.63, 3.8) is 0 Å². The molecule has 1 N–H and O–H groups in total. The fraction of sp³-hybridized carbons (Fsp3) is 0.0833. The van der Waals surface area contributed by atoms with Gasteiger partial charge in [0.2, 0.25) is 0 Å². The molecule has 0 bridgehead atoms. The summed E-state index contributed by atoms with van der Waals surface area (Å²) in [6.45, 7) is 1.94. The Balaban J connectivity index is 0.000000146. The Morgan fingerprint density at radius 3 is 2.00 bits per heavy atom. The van der Waals surface area contributed by atoms with Crippen molar-refractivity contribution in [3.05, 3.63) is 60.4 Å². The third-order valence-electron chi connectivity index (χ3n) is 1.57. The molecule has 1 aromatic heterocycles. The number of phenolic OH excluding ortho intramolecular Hbond substituents is 1. The molecule has 0 atom stereocenters. The Morgan fingerprint density at radius 1 is 1.00 bits per heavy atom. The first-order valence-electron chi connectivity index (χ1n) is 4.39. The number of rotatable bonds is 0. The zero-order valence-corrected chi connectivity index (χ0v) is 8.09. The summed E-state index contributed by atoms with van der Waals surface area (Å²) in [6, 6.07) is 12.9. The van der Waals surface area contributed by atoms with Gasteiger partial charge in [0.25, 0.3) is 0 Å². The van der Waals surface area contributed by atoms with Crippen LogP contribution in [-0.4, -0.2) is 10.1 Å². The summed E-state index contributed by atoms with van der Waals surface area (Å²) < 4.78 is 0. The van der Waals surface area contributed by atoms with Crippen molar-refractivity contribution in [1.29, 1.82) is 0 Å². The van der Waals surface area contributed by atoms with Gasteiger partial charge >= 0.3 is 0 Å². The van der Waals surface area contributed by atoms with Gasteiger partial charge in [0.15, 0.2) is 0 Å². The van der Waals surface area contributed by atoms with Crippen molar-refractivity contribution in [3.8, 4) is 5.75 Å². The minimum absolute atomic E-state index is 0.338. The maximum Gasteiger partial charge on any atom is 0.115 e. The van der Waals surface area contributed by atoms with E-state index in [-0.39, 0.29) is 0 Å². The Labute approximate surface area is 83.9 Å². The Hall–Kier alpha value is -1.83. The van der Waals surface area contributed by atoms with Crippen LogP contribution in [-0.2, 0) is 0 Å². The van der Waals surface area contributed by atoms with E-state index in [1.54, 1.807) is 24.5 Å². The zero-order chi connectivity index (χ0) is 10.2. The van der Waals surface area contributed by atoms with Crippen LogP contribution in [0, 0.1) is 6.92 Å². The highest BCUT2D eigenvalue weighted by molar-refractivity contribution is 5.25. The molecule has 1 aromatic carbocycles. The second-order valence-corrected chi connectivity index (χ2v) is 2.86. The lowest BCUT2D eigenvalue weighted by Crippen LogP contribution is -1.66. The number of hydrogen-bond acceptors (Lipinski definition) is 2. The van der Waals surface area contributed by atoms with Crippen LogP contribution < -0.4 is 0 Å². The summed E-state index contributed by atoms with van der Waals surface area (Å²) in [5.74, 6) is 0.338. The molecular formula is C12H13NO. The predicted molar refractivity (Wildman–Crippen MR) is 57.1 cm³/mol. The molecule has 0 unspecified atom stereocenters. The van der Waals surface area contributed by atoms with Crippen molar-refractivity contribution in [2.75, 3.05) is 0 Å². The Kier molecular flexibility index (Phi) is 4.21. The standard InChI is InChI=1S/C7H8O.C5H5N/c1-6-3-2-4-7(8)5-6;1-2-4-6-5-3-1/h2-5,8H,1H3;1-5H. The lowest BCUT2D eigenvalue weighted by Gasteiger charge is -1.89. The second kappa shape index (κ2) is 5.75. The number of pyridine rings is 1. The molecule has 0 aliphatic heterocycles. The Bertz CT molecular complexity index is 316. The summed E-state index contributed by atoms with van der Waals surface area (Å²) in [5.41, 5.74) is 1.09. The quantitative estimate of drug-likeness (QED) is 0.688. The van der Waals surface area contributed by atoms with Gasteiger partial charge < -0.3 is 5.11 Å². The van der Waals surface area contributed by atoms with E-state index in [0.717, 1.165) is 5.56 Å². The van der Waals surface area contributed by atoms with E-state index >= 15 is 0 Å². The van der Waals surface area contributed by atoms with Crippen LogP contribution in [0.4, 0.5) is 0 Å². The topological polar surface area (TPSA) is 33.1 Å². The van der Waals surface area contributed by atoms with Gasteiger partial charge in [-0.1, -0.05) is 18.2 Å². The van der Waals surface area contributed by atoms with E-state index in [0.29, 0.717) is 5.75 Å². The number of benzene rings is 1. The van der Waals surface area contributed by atoms with Gasteiger partial charge in [0.05, 0.1) is 0 Å². The molecule has 2 heteroatoms. The third kappa shape index (κ3) is 4.26. The second-order valence-electron chi connectivity index (χ2n) is 2.86. The number of aryl methyl sites for hydroxylation is 1. The minimum atomic E-state index is 0.338. The SMILES string of the molecule is Cc1cccc(O)c1.c1ccncc1. The lowest BCUT2D eigenvalue weighted by molar-refractivity contribution is 0.475. The van der Waals surface area contributed by atoms with Crippen LogP contribution in [0.5, 0.6) is 5.75 Å². The molecule has 0 fully saturated rings. The molecule has 0 aliphatic carbocycles. The van der Waals surface area contributed by atoms with Crippen molar-refractivity contribution in [2.45, 2.75) is 6.92 Å². The maximum absolute atomic E-state index is 8.81. The van der Waals surface area contributed by atoms with Gasteiger partial charge in [-0.05, 0) is 36.8 Å². The summed E-state index contributed by atoms with van der Waals surface area (Å²) in [7, 11) is 0. The van der Waals surface area contributed by atoms with Crippen molar-refractivity contribution >= 4 is 0 Å². The van der Waals surface area contributed by atoms with Gasteiger partial charge in [0, 0.05) is 12.4 Å². The largest absolute Gasteiger partial charge is 0.508 e. The highest BCUT2D eigenvalue weighted by Crippen LogP contribution is 2.08.